The second-order valence-electron chi connectivity index (χ2n) is 7.79. The van der Waals surface area contributed by atoms with Gasteiger partial charge in [0, 0.05) is 46.8 Å². The number of benzene rings is 2. The van der Waals surface area contributed by atoms with Crippen LogP contribution in [-0.2, 0) is 19.5 Å². The van der Waals surface area contributed by atoms with Crippen molar-refractivity contribution in [3.63, 3.8) is 0 Å². The lowest BCUT2D eigenvalue weighted by Crippen LogP contribution is -2.35. The van der Waals surface area contributed by atoms with Gasteiger partial charge in [0.15, 0.2) is 5.78 Å². The number of halogens is 2. The molecule has 0 N–H and O–H groups in total. The van der Waals surface area contributed by atoms with Crippen LogP contribution in [0.15, 0.2) is 59.0 Å². The van der Waals surface area contributed by atoms with Gasteiger partial charge in [-0.25, -0.2) is 0 Å². The van der Waals surface area contributed by atoms with Crippen molar-refractivity contribution in [3.05, 3.63) is 93.4 Å². The molecule has 1 aliphatic rings. The minimum Gasteiger partial charge on any atom is -0.464 e. The molecular formula is C24H24Cl2N2O3. The SMILES string of the molecule is CN(C)Cc1cc2c(o1)CCN(C(=O)c1ccc(C(=O)c3ccc(Cl)cc3)cc1)C2.Cl. The molecule has 0 radical (unpaired) electrons. The summed E-state index contributed by atoms with van der Waals surface area (Å²) in [7, 11) is 4.00. The van der Waals surface area contributed by atoms with Crippen LogP contribution in [-0.4, -0.2) is 42.1 Å². The summed E-state index contributed by atoms with van der Waals surface area (Å²) in [5.74, 6) is 1.76. The van der Waals surface area contributed by atoms with Gasteiger partial charge in [0.25, 0.3) is 5.91 Å². The lowest BCUT2D eigenvalue weighted by molar-refractivity contribution is 0.0729. The molecule has 3 aromatic rings. The van der Waals surface area contributed by atoms with Crippen LogP contribution in [0.4, 0.5) is 0 Å². The van der Waals surface area contributed by atoms with Crippen LogP contribution in [0.2, 0.25) is 5.02 Å². The topological polar surface area (TPSA) is 53.8 Å². The van der Waals surface area contributed by atoms with Gasteiger partial charge < -0.3 is 14.2 Å². The number of ketones is 1. The zero-order chi connectivity index (χ0) is 21.3. The smallest absolute Gasteiger partial charge is 0.254 e. The monoisotopic (exact) mass is 458 g/mol. The number of fused-ring (bicyclic) bond motifs is 1. The van der Waals surface area contributed by atoms with Crippen molar-refractivity contribution in [2.45, 2.75) is 19.5 Å². The summed E-state index contributed by atoms with van der Waals surface area (Å²) in [6.07, 6.45) is 0.710. The van der Waals surface area contributed by atoms with E-state index in [0.717, 1.165) is 23.6 Å². The van der Waals surface area contributed by atoms with Gasteiger partial charge in [-0.15, -0.1) is 12.4 Å². The van der Waals surface area contributed by atoms with Gasteiger partial charge in [-0.3, -0.25) is 9.59 Å². The van der Waals surface area contributed by atoms with E-state index in [1.807, 2.05) is 25.1 Å². The summed E-state index contributed by atoms with van der Waals surface area (Å²) < 4.78 is 5.92. The van der Waals surface area contributed by atoms with Gasteiger partial charge in [0.2, 0.25) is 0 Å². The second-order valence-corrected chi connectivity index (χ2v) is 8.23. The minimum atomic E-state index is -0.0971. The maximum atomic E-state index is 13.0. The standard InChI is InChI=1S/C24H23ClN2O3.ClH/c1-26(2)15-21-13-19-14-27(12-11-22(19)30-21)24(29)18-5-3-16(4-6-18)23(28)17-7-9-20(25)10-8-17;/h3-10,13H,11-12,14-15H2,1-2H3;1H. The Bertz CT molecular complexity index is 1070. The van der Waals surface area contributed by atoms with E-state index in [-0.39, 0.29) is 24.1 Å². The second kappa shape index (κ2) is 9.69. The Morgan fingerprint density at radius 1 is 1.00 bits per heavy atom. The summed E-state index contributed by atoms with van der Waals surface area (Å²) in [5, 5.41) is 0.587. The van der Waals surface area contributed by atoms with Gasteiger partial charge >= 0.3 is 0 Å². The van der Waals surface area contributed by atoms with Gasteiger partial charge in [-0.2, -0.15) is 0 Å². The lowest BCUT2D eigenvalue weighted by Gasteiger charge is -2.26. The van der Waals surface area contributed by atoms with E-state index < -0.39 is 0 Å². The third-order valence-corrected chi connectivity index (χ3v) is 5.43. The predicted molar refractivity (Wildman–Crippen MR) is 123 cm³/mol. The zero-order valence-electron chi connectivity index (χ0n) is 17.4. The van der Waals surface area contributed by atoms with Crippen molar-refractivity contribution in [2.75, 3.05) is 20.6 Å². The van der Waals surface area contributed by atoms with E-state index in [1.165, 1.54) is 0 Å². The van der Waals surface area contributed by atoms with E-state index in [1.54, 1.807) is 48.5 Å². The van der Waals surface area contributed by atoms with E-state index in [4.69, 9.17) is 16.0 Å². The molecule has 31 heavy (non-hydrogen) atoms. The maximum absolute atomic E-state index is 13.0. The first kappa shape index (κ1) is 23.1. The first-order chi connectivity index (χ1) is 14.4. The van der Waals surface area contributed by atoms with Gasteiger partial charge in [-0.05, 0) is 56.6 Å². The van der Waals surface area contributed by atoms with Crippen LogP contribution in [0.3, 0.4) is 0 Å². The highest BCUT2D eigenvalue weighted by molar-refractivity contribution is 6.30. The average Bonchev–Trinajstić information content (AvgIpc) is 3.14. The number of amides is 1. The molecule has 0 fully saturated rings. The molecule has 0 bridgehead atoms. The molecule has 0 aliphatic carbocycles. The largest absolute Gasteiger partial charge is 0.464 e. The Morgan fingerprint density at radius 2 is 1.58 bits per heavy atom. The Hall–Kier alpha value is -2.60. The molecule has 2 aromatic carbocycles. The average molecular weight is 459 g/mol. The van der Waals surface area contributed by atoms with Crippen LogP contribution in [0.25, 0.3) is 0 Å². The molecule has 0 saturated heterocycles. The summed E-state index contributed by atoms with van der Waals surface area (Å²) in [6.45, 7) is 1.90. The van der Waals surface area contributed by atoms with Crippen molar-refractivity contribution in [3.8, 4) is 0 Å². The Labute approximate surface area is 193 Å². The van der Waals surface area contributed by atoms with E-state index >= 15 is 0 Å². The van der Waals surface area contributed by atoms with Crippen LogP contribution in [0, 0.1) is 0 Å². The molecule has 5 nitrogen and oxygen atoms in total. The number of carbonyl (C=O) groups excluding carboxylic acids is 2. The van der Waals surface area contributed by atoms with Crippen LogP contribution in [0.1, 0.15) is 43.4 Å². The third kappa shape index (κ3) is 5.18. The predicted octanol–water partition coefficient (Wildman–Crippen LogP) is 4.85. The number of hydrogen-bond donors (Lipinski definition) is 0. The number of furan rings is 1. The number of rotatable bonds is 5. The molecule has 7 heteroatoms. The van der Waals surface area contributed by atoms with Crippen molar-refractivity contribution in [1.29, 1.82) is 0 Å². The number of carbonyl (C=O) groups is 2. The molecule has 1 amide bonds. The highest BCUT2D eigenvalue weighted by atomic mass is 35.5. The van der Waals surface area contributed by atoms with E-state index in [0.29, 0.717) is 41.2 Å². The first-order valence-corrected chi connectivity index (χ1v) is 10.2. The minimum absolute atomic E-state index is 0. The quantitative estimate of drug-likeness (QED) is 0.512. The maximum Gasteiger partial charge on any atom is 0.254 e. The highest BCUT2D eigenvalue weighted by Gasteiger charge is 2.25. The molecular weight excluding hydrogens is 435 g/mol. The van der Waals surface area contributed by atoms with Gasteiger partial charge in [0.1, 0.15) is 11.5 Å². The van der Waals surface area contributed by atoms with E-state index in [9.17, 15) is 9.59 Å². The summed E-state index contributed by atoms with van der Waals surface area (Å²) >= 11 is 5.89. The molecule has 0 unspecified atom stereocenters. The Morgan fingerprint density at radius 3 is 2.19 bits per heavy atom. The molecule has 0 atom stereocenters. The third-order valence-electron chi connectivity index (χ3n) is 5.18. The molecule has 162 valence electrons. The fourth-order valence-electron chi connectivity index (χ4n) is 3.67. The normalized spacial score (nSPS) is 13.0. The number of nitrogens with zero attached hydrogens (tertiary/aromatic N) is 2. The number of hydrogen-bond acceptors (Lipinski definition) is 4. The molecule has 1 aliphatic heterocycles. The first-order valence-electron chi connectivity index (χ1n) is 9.85. The zero-order valence-corrected chi connectivity index (χ0v) is 19.0. The van der Waals surface area contributed by atoms with Crippen molar-refractivity contribution in [1.82, 2.24) is 9.80 Å². The highest BCUT2D eigenvalue weighted by Crippen LogP contribution is 2.25. The summed E-state index contributed by atoms with van der Waals surface area (Å²) in [5.41, 5.74) is 2.75. The molecule has 2 heterocycles. The molecule has 1 aromatic heterocycles. The Kier molecular flexibility index (Phi) is 7.21. The summed E-state index contributed by atoms with van der Waals surface area (Å²) in [6, 6.07) is 15.7. The molecule has 0 saturated carbocycles. The fraction of sp³-hybridized carbons (Fsp3) is 0.250. The lowest BCUT2D eigenvalue weighted by atomic mass is 10.0. The van der Waals surface area contributed by atoms with Crippen molar-refractivity contribution in [2.24, 2.45) is 0 Å². The van der Waals surface area contributed by atoms with Crippen molar-refractivity contribution >= 4 is 35.7 Å². The Balaban J connectivity index is 0.00000272. The van der Waals surface area contributed by atoms with Crippen LogP contribution in [0.5, 0.6) is 0 Å². The molecule has 4 rings (SSSR count). The van der Waals surface area contributed by atoms with Crippen molar-refractivity contribution < 1.29 is 14.0 Å². The van der Waals surface area contributed by atoms with Crippen LogP contribution >= 0.6 is 24.0 Å². The fourth-order valence-corrected chi connectivity index (χ4v) is 3.80. The summed E-state index contributed by atoms with van der Waals surface area (Å²) in [4.78, 5) is 29.5. The van der Waals surface area contributed by atoms with Gasteiger partial charge in [-0.1, -0.05) is 23.7 Å². The van der Waals surface area contributed by atoms with Gasteiger partial charge in [0.05, 0.1) is 6.54 Å². The van der Waals surface area contributed by atoms with E-state index in [2.05, 4.69) is 4.90 Å². The molecule has 0 spiro atoms. The van der Waals surface area contributed by atoms with Crippen LogP contribution < -0.4 is 0 Å².